The second-order valence-corrected chi connectivity index (χ2v) is 8.54. The summed E-state index contributed by atoms with van der Waals surface area (Å²) >= 11 is 0. The molecule has 8 nitrogen and oxygen atoms in total. The first-order valence-corrected chi connectivity index (χ1v) is 10.9. The fourth-order valence-electron chi connectivity index (χ4n) is 4.23. The summed E-state index contributed by atoms with van der Waals surface area (Å²) in [6.45, 7) is 1.16. The maximum Gasteiger partial charge on any atom is 0.272 e. The van der Waals surface area contributed by atoms with E-state index in [2.05, 4.69) is 10.3 Å². The number of pyridine rings is 1. The van der Waals surface area contributed by atoms with Gasteiger partial charge in [0, 0.05) is 32.4 Å². The van der Waals surface area contributed by atoms with Crippen LogP contribution in [0.1, 0.15) is 50.4 Å². The van der Waals surface area contributed by atoms with Crippen LogP contribution in [0.5, 0.6) is 0 Å². The Morgan fingerprint density at radius 3 is 2.66 bits per heavy atom. The van der Waals surface area contributed by atoms with Crippen LogP contribution in [0.3, 0.4) is 0 Å². The summed E-state index contributed by atoms with van der Waals surface area (Å²) in [4.78, 5) is 45.2. The van der Waals surface area contributed by atoms with Crippen molar-refractivity contribution in [3.63, 3.8) is 0 Å². The lowest BCUT2D eigenvalue weighted by Crippen LogP contribution is -2.42. The SMILES string of the molecule is Cn1cncc1C(=O)N1CCc2c(cn(Cc3ccccc3)c(=O)c2C(=O)NC2CC2)C1. The number of hydrogen-bond acceptors (Lipinski definition) is 4. The van der Waals surface area contributed by atoms with Crippen molar-refractivity contribution in [2.24, 2.45) is 7.05 Å². The molecule has 2 aromatic heterocycles. The third-order valence-electron chi connectivity index (χ3n) is 6.13. The van der Waals surface area contributed by atoms with E-state index in [0.717, 1.165) is 29.5 Å². The van der Waals surface area contributed by atoms with E-state index in [0.29, 0.717) is 31.7 Å². The molecule has 0 unspecified atom stereocenters. The van der Waals surface area contributed by atoms with Crippen molar-refractivity contribution in [1.29, 1.82) is 0 Å². The molecular formula is C24H25N5O3. The average molecular weight is 431 g/mol. The first-order chi connectivity index (χ1) is 15.5. The normalized spacial score (nSPS) is 15.3. The van der Waals surface area contributed by atoms with Crippen LogP contribution in [-0.2, 0) is 26.6 Å². The number of fused-ring (bicyclic) bond motifs is 1. The number of imidazole rings is 1. The van der Waals surface area contributed by atoms with Crippen LogP contribution in [0.2, 0.25) is 0 Å². The van der Waals surface area contributed by atoms with Gasteiger partial charge >= 0.3 is 0 Å². The summed E-state index contributed by atoms with van der Waals surface area (Å²) in [7, 11) is 1.79. The van der Waals surface area contributed by atoms with E-state index in [-0.39, 0.29) is 29.0 Å². The fourth-order valence-corrected chi connectivity index (χ4v) is 4.23. The Labute approximate surface area is 185 Å². The van der Waals surface area contributed by atoms with Gasteiger partial charge in [-0.05, 0) is 36.0 Å². The lowest BCUT2D eigenvalue weighted by Gasteiger charge is -2.30. The minimum Gasteiger partial charge on any atom is -0.349 e. The van der Waals surface area contributed by atoms with E-state index >= 15 is 0 Å². The maximum atomic E-state index is 13.3. The fraction of sp³-hybridized carbons (Fsp3) is 0.333. The standard InChI is InChI=1S/C24H25N5O3/c1-27-15-25-11-20(27)23(31)28-10-9-19-17(13-28)14-29(12-16-5-3-2-4-6-16)24(32)21(19)22(30)26-18-7-8-18/h2-6,11,14-15,18H,7-10,12-13H2,1H3,(H,26,30). The van der Waals surface area contributed by atoms with Crippen molar-refractivity contribution < 1.29 is 9.59 Å². The van der Waals surface area contributed by atoms with Crippen LogP contribution in [0.4, 0.5) is 0 Å². The third kappa shape index (κ3) is 3.84. The van der Waals surface area contributed by atoms with Crippen molar-refractivity contribution in [1.82, 2.24) is 24.3 Å². The minimum absolute atomic E-state index is 0.111. The summed E-state index contributed by atoms with van der Waals surface area (Å²) in [5.41, 5.74) is 3.02. The zero-order valence-electron chi connectivity index (χ0n) is 18.0. The highest BCUT2D eigenvalue weighted by atomic mass is 16.2. The molecule has 3 heterocycles. The van der Waals surface area contributed by atoms with Crippen molar-refractivity contribution in [3.05, 3.63) is 87.4 Å². The molecule has 0 bridgehead atoms. The van der Waals surface area contributed by atoms with Crippen molar-refractivity contribution in [2.45, 2.75) is 38.4 Å². The number of nitrogens with one attached hydrogen (secondary N) is 1. The van der Waals surface area contributed by atoms with Crippen LogP contribution < -0.4 is 10.9 Å². The smallest absolute Gasteiger partial charge is 0.272 e. The van der Waals surface area contributed by atoms with Gasteiger partial charge in [0.25, 0.3) is 17.4 Å². The molecule has 164 valence electrons. The predicted molar refractivity (Wildman–Crippen MR) is 118 cm³/mol. The maximum absolute atomic E-state index is 13.3. The van der Waals surface area contributed by atoms with E-state index in [1.54, 1.807) is 39.8 Å². The molecular weight excluding hydrogens is 406 g/mol. The van der Waals surface area contributed by atoms with Crippen molar-refractivity contribution in [2.75, 3.05) is 6.54 Å². The molecule has 32 heavy (non-hydrogen) atoms. The predicted octanol–water partition coefficient (Wildman–Crippen LogP) is 1.72. The molecule has 3 aromatic rings. The molecule has 0 radical (unpaired) electrons. The number of hydrogen-bond donors (Lipinski definition) is 1. The zero-order valence-corrected chi connectivity index (χ0v) is 18.0. The van der Waals surface area contributed by atoms with E-state index in [9.17, 15) is 14.4 Å². The molecule has 1 N–H and O–H groups in total. The summed E-state index contributed by atoms with van der Waals surface area (Å²) in [5.74, 6) is -0.414. The lowest BCUT2D eigenvalue weighted by molar-refractivity contribution is 0.0724. The van der Waals surface area contributed by atoms with E-state index in [1.165, 1.54) is 0 Å². The number of aromatic nitrogens is 3. The second-order valence-electron chi connectivity index (χ2n) is 8.54. The van der Waals surface area contributed by atoms with Crippen LogP contribution in [0, 0.1) is 0 Å². The number of carbonyl (C=O) groups excluding carboxylic acids is 2. The molecule has 1 aliphatic carbocycles. The first kappa shape index (κ1) is 20.2. The quantitative estimate of drug-likeness (QED) is 0.666. The molecule has 8 heteroatoms. The van der Waals surface area contributed by atoms with Gasteiger partial charge < -0.3 is 19.4 Å². The van der Waals surface area contributed by atoms with Gasteiger partial charge in [0.05, 0.1) is 19.1 Å². The number of nitrogens with zero attached hydrogens (tertiary/aromatic N) is 4. The van der Waals surface area contributed by atoms with E-state index < -0.39 is 0 Å². The highest BCUT2D eigenvalue weighted by molar-refractivity contribution is 5.96. The number of rotatable bonds is 5. The molecule has 0 spiro atoms. The Morgan fingerprint density at radius 1 is 1.19 bits per heavy atom. The molecule has 2 aliphatic rings. The number of amides is 2. The first-order valence-electron chi connectivity index (χ1n) is 10.9. The summed E-state index contributed by atoms with van der Waals surface area (Å²) in [6, 6.07) is 9.84. The Kier molecular flexibility index (Phi) is 5.13. The Hall–Kier alpha value is -3.68. The average Bonchev–Trinajstić information content (AvgIpc) is 3.50. The summed E-state index contributed by atoms with van der Waals surface area (Å²) in [6.07, 6.45) is 7.33. The Morgan fingerprint density at radius 2 is 1.97 bits per heavy atom. The molecule has 0 atom stereocenters. The van der Waals surface area contributed by atoms with Gasteiger partial charge in [0.15, 0.2) is 0 Å². The molecule has 1 aliphatic heterocycles. The van der Waals surface area contributed by atoms with Crippen molar-refractivity contribution in [3.8, 4) is 0 Å². The number of aryl methyl sites for hydroxylation is 1. The highest BCUT2D eigenvalue weighted by Crippen LogP contribution is 2.24. The van der Waals surface area contributed by atoms with Crippen molar-refractivity contribution >= 4 is 11.8 Å². The third-order valence-corrected chi connectivity index (χ3v) is 6.13. The lowest BCUT2D eigenvalue weighted by atomic mass is 9.95. The topological polar surface area (TPSA) is 89.2 Å². The van der Waals surface area contributed by atoms with Gasteiger partial charge in [-0.15, -0.1) is 0 Å². The molecule has 1 aromatic carbocycles. The molecule has 2 amide bonds. The van der Waals surface area contributed by atoms with Gasteiger partial charge in [-0.2, -0.15) is 0 Å². The van der Waals surface area contributed by atoms with Gasteiger partial charge in [-0.1, -0.05) is 30.3 Å². The largest absolute Gasteiger partial charge is 0.349 e. The number of benzene rings is 1. The molecule has 0 saturated heterocycles. The van der Waals surface area contributed by atoms with E-state index in [1.807, 2.05) is 30.3 Å². The molecule has 1 fully saturated rings. The van der Waals surface area contributed by atoms with E-state index in [4.69, 9.17) is 0 Å². The number of carbonyl (C=O) groups is 2. The van der Waals surface area contributed by atoms with Crippen LogP contribution >= 0.6 is 0 Å². The Bertz CT molecular complexity index is 1240. The van der Waals surface area contributed by atoms with Crippen LogP contribution in [0.15, 0.2) is 53.8 Å². The molecule has 1 saturated carbocycles. The summed E-state index contributed by atoms with van der Waals surface area (Å²) in [5, 5.41) is 2.97. The van der Waals surface area contributed by atoms with Gasteiger partial charge in [-0.25, -0.2) is 4.98 Å². The second kappa shape index (κ2) is 8.11. The zero-order chi connectivity index (χ0) is 22.2. The van der Waals surface area contributed by atoms with Crippen LogP contribution in [0.25, 0.3) is 0 Å². The van der Waals surface area contributed by atoms with Gasteiger partial charge in [0.2, 0.25) is 0 Å². The van der Waals surface area contributed by atoms with Gasteiger partial charge in [0.1, 0.15) is 11.3 Å². The molecule has 5 rings (SSSR count). The highest BCUT2D eigenvalue weighted by Gasteiger charge is 2.31. The minimum atomic E-state index is -0.303. The van der Waals surface area contributed by atoms with Crippen LogP contribution in [-0.4, -0.2) is 43.4 Å². The van der Waals surface area contributed by atoms with Gasteiger partial charge in [-0.3, -0.25) is 14.4 Å². The summed E-state index contributed by atoms with van der Waals surface area (Å²) < 4.78 is 3.29. The Balaban J connectivity index is 1.52. The monoisotopic (exact) mass is 431 g/mol.